The van der Waals surface area contributed by atoms with E-state index in [1.165, 1.54) is 19.5 Å². The molecule has 1 atom stereocenters. The Morgan fingerprint density at radius 3 is 1.85 bits per heavy atom. The molecular formula is C11H25N2+. The van der Waals surface area contributed by atoms with E-state index in [1.807, 2.05) is 0 Å². The summed E-state index contributed by atoms with van der Waals surface area (Å²) in [6.07, 6.45) is 1.34. The molecular weight excluding hydrogens is 160 g/mol. The number of nitrogens with one attached hydrogen (secondary N) is 1. The minimum Gasteiger partial charge on any atom is -0.250 e. The Hall–Kier alpha value is -0.0800. The maximum Gasteiger partial charge on any atom is 0.107 e. The SMILES string of the molecule is CC(C)(C)N1CCC[NH+]1C(C)(C)C. The summed E-state index contributed by atoms with van der Waals surface area (Å²) >= 11 is 0. The number of hydrogen-bond acceptors (Lipinski definition) is 1. The summed E-state index contributed by atoms with van der Waals surface area (Å²) in [5.41, 5.74) is 0.656. The van der Waals surface area contributed by atoms with Gasteiger partial charge in [-0.25, -0.2) is 0 Å². The minimum absolute atomic E-state index is 0.305. The van der Waals surface area contributed by atoms with Gasteiger partial charge in [0.1, 0.15) is 5.54 Å². The zero-order valence-electron chi connectivity index (χ0n) is 10.1. The highest BCUT2D eigenvalue weighted by atomic mass is 15.7. The van der Waals surface area contributed by atoms with Gasteiger partial charge in [-0.1, -0.05) is 0 Å². The highest BCUT2D eigenvalue weighted by Gasteiger charge is 2.41. The molecule has 0 aromatic rings. The van der Waals surface area contributed by atoms with Crippen molar-refractivity contribution in [2.75, 3.05) is 13.1 Å². The van der Waals surface area contributed by atoms with E-state index in [9.17, 15) is 0 Å². The largest absolute Gasteiger partial charge is 0.250 e. The van der Waals surface area contributed by atoms with Crippen molar-refractivity contribution in [1.29, 1.82) is 0 Å². The fourth-order valence-corrected chi connectivity index (χ4v) is 2.19. The van der Waals surface area contributed by atoms with Crippen LogP contribution in [-0.4, -0.2) is 29.2 Å². The molecule has 0 aliphatic carbocycles. The van der Waals surface area contributed by atoms with Gasteiger partial charge in [-0.2, -0.15) is 5.01 Å². The Morgan fingerprint density at radius 1 is 1.00 bits per heavy atom. The highest BCUT2D eigenvalue weighted by Crippen LogP contribution is 2.13. The van der Waals surface area contributed by atoms with Crippen molar-refractivity contribution in [2.24, 2.45) is 0 Å². The molecule has 78 valence electrons. The van der Waals surface area contributed by atoms with Gasteiger partial charge in [0.2, 0.25) is 0 Å². The lowest BCUT2D eigenvalue weighted by atomic mass is 10.1. The van der Waals surface area contributed by atoms with E-state index in [1.54, 1.807) is 5.01 Å². The monoisotopic (exact) mass is 185 g/mol. The number of hydrogen-bond donors (Lipinski definition) is 1. The van der Waals surface area contributed by atoms with Crippen LogP contribution < -0.4 is 5.01 Å². The van der Waals surface area contributed by atoms with Crippen LogP contribution in [0.5, 0.6) is 0 Å². The van der Waals surface area contributed by atoms with Crippen LogP contribution in [0.2, 0.25) is 0 Å². The molecule has 1 rings (SSSR count). The highest BCUT2D eigenvalue weighted by molar-refractivity contribution is 4.73. The van der Waals surface area contributed by atoms with E-state index in [0.29, 0.717) is 11.1 Å². The first-order valence-corrected chi connectivity index (χ1v) is 5.37. The van der Waals surface area contributed by atoms with Crippen molar-refractivity contribution in [2.45, 2.75) is 59.0 Å². The Kier molecular flexibility index (Phi) is 2.75. The minimum atomic E-state index is 0.305. The van der Waals surface area contributed by atoms with E-state index in [-0.39, 0.29) is 0 Å². The molecule has 1 saturated heterocycles. The summed E-state index contributed by atoms with van der Waals surface area (Å²) in [5.74, 6) is 0. The van der Waals surface area contributed by atoms with Crippen LogP contribution in [0.15, 0.2) is 0 Å². The number of rotatable bonds is 0. The third-order valence-corrected chi connectivity index (χ3v) is 2.80. The lowest BCUT2D eigenvalue weighted by Gasteiger charge is -2.41. The first-order valence-electron chi connectivity index (χ1n) is 5.37. The second kappa shape index (κ2) is 3.25. The molecule has 0 aromatic heterocycles. The molecule has 0 bridgehead atoms. The van der Waals surface area contributed by atoms with Gasteiger partial charge in [0.05, 0.1) is 18.6 Å². The van der Waals surface area contributed by atoms with E-state index in [4.69, 9.17) is 0 Å². The number of quaternary nitrogens is 1. The normalized spacial score (nSPS) is 26.8. The van der Waals surface area contributed by atoms with Crippen LogP contribution >= 0.6 is 0 Å². The van der Waals surface area contributed by atoms with Crippen LogP contribution in [-0.2, 0) is 0 Å². The Labute approximate surface area is 82.9 Å². The van der Waals surface area contributed by atoms with Crippen molar-refractivity contribution in [1.82, 2.24) is 5.01 Å². The van der Waals surface area contributed by atoms with E-state index >= 15 is 0 Å². The fraction of sp³-hybridized carbons (Fsp3) is 1.00. The van der Waals surface area contributed by atoms with Crippen molar-refractivity contribution < 1.29 is 5.01 Å². The van der Waals surface area contributed by atoms with E-state index in [2.05, 4.69) is 46.6 Å². The predicted molar refractivity (Wildman–Crippen MR) is 56.7 cm³/mol. The summed E-state index contributed by atoms with van der Waals surface area (Å²) in [6, 6.07) is 0. The molecule has 1 aliphatic rings. The second-order valence-corrected chi connectivity index (χ2v) is 6.12. The zero-order valence-corrected chi connectivity index (χ0v) is 10.1. The van der Waals surface area contributed by atoms with Crippen LogP contribution in [0.1, 0.15) is 48.0 Å². The topological polar surface area (TPSA) is 7.68 Å². The first kappa shape index (κ1) is 11.0. The van der Waals surface area contributed by atoms with Gasteiger partial charge >= 0.3 is 0 Å². The van der Waals surface area contributed by atoms with Crippen molar-refractivity contribution >= 4 is 0 Å². The van der Waals surface area contributed by atoms with Gasteiger partial charge in [0.25, 0.3) is 0 Å². The van der Waals surface area contributed by atoms with E-state index in [0.717, 1.165) is 0 Å². The Bertz CT molecular complexity index is 154. The van der Waals surface area contributed by atoms with Gasteiger partial charge in [-0.3, -0.25) is 5.01 Å². The van der Waals surface area contributed by atoms with Gasteiger partial charge in [0, 0.05) is 6.42 Å². The summed E-state index contributed by atoms with van der Waals surface area (Å²) in [7, 11) is 0. The molecule has 1 heterocycles. The second-order valence-electron chi connectivity index (χ2n) is 6.12. The molecule has 0 spiro atoms. The van der Waals surface area contributed by atoms with Crippen LogP contribution in [0, 0.1) is 0 Å². The third kappa shape index (κ3) is 2.44. The zero-order chi connectivity index (χ0) is 10.3. The first-order chi connectivity index (χ1) is 5.73. The summed E-state index contributed by atoms with van der Waals surface area (Å²) in [4.78, 5) is 0. The molecule has 1 N–H and O–H groups in total. The van der Waals surface area contributed by atoms with E-state index < -0.39 is 0 Å². The van der Waals surface area contributed by atoms with Crippen molar-refractivity contribution in [3.63, 3.8) is 0 Å². The van der Waals surface area contributed by atoms with Crippen LogP contribution in [0.3, 0.4) is 0 Å². The smallest absolute Gasteiger partial charge is 0.107 e. The molecule has 0 saturated carbocycles. The number of nitrogens with zero attached hydrogens (tertiary/aromatic N) is 1. The standard InChI is InChI=1S/C11H24N2/c1-10(2,3)12-8-7-9-13(12)11(4,5)6/h7-9H2,1-6H3/p+1. The average molecular weight is 185 g/mol. The maximum atomic E-state index is 2.59. The van der Waals surface area contributed by atoms with Gasteiger partial charge < -0.3 is 0 Å². The van der Waals surface area contributed by atoms with Crippen molar-refractivity contribution in [3.8, 4) is 0 Å². The molecule has 0 aromatic carbocycles. The summed E-state index contributed by atoms with van der Waals surface area (Å²) < 4.78 is 0. The summed E-state index contributed by atoms with van der Waals surface area (Å²) in [5, 5.41) is 4.23. The third-order valence-electron chi connectivity index (χ3n) is 2.80. The lowest BCUT2D eigenvalue weighted by molar-refractivity contribution is -1.05. The summed E-state index contributed by atoms with van der Waals surface area (Å²) in [6.45, 7) is 16.4. The van der Waals surface area contributed by atoms with Crippen molar-refractivity contribution in [3.05, 3.63) is 0 Å². The molecule has 13 heavy (non-hydrogen) atoms. The molecule has 2 heteroatoms. The molecule has 1 fully saturated rings. The Morgan fingerprint density at radius 2 is 1.54 bits per heavy atom. The average Bonchev–Trinajstić information content (AvgIpc) is 2.27. The predicted octanol–water partition coefficient (Wildman–Crippen LogP) is 1.09. The lowest BCUT2D eigenvalue weighted by Crippen LogP contribution is -3.23. The quantitative estimate of drug-likeness (QED) is 0.593. The maximum absolute atomic E-state index is 2.59. The Balaban J connectivity index is 2.76. The molecule has 2 nitrogen and oxygen atoms in total. The van der Waals surface area contributed by atoms with Gasteiger partial charge in [0.15, 0.2) is 0 Å². The van der Waals surface area contributed by atoms with Crippen LogP contribution in [0.4, 0.5) is 0 Å². The molecule has 0 radical (unpaired) electrons. The molecule has 1 aliphatic heterocycles. The fourth-order valence-electron chi connectivity index (χ4n) is 2.19. The van der Waals surface area contributed by atoms with Crippen LogP contribution in [0.25, 0.3) is 0 Å². The molecule has 0 amide bonds. The molecule has 1 unspecified atom stereocenters. The van der Waals surface area contributed by atoms with Gasteiger partial charge in [-0.15, -0.1) is 0 Å². The van der Waals surface area contributed by atoms with Gasteiger partial charge in [-0.05, 0) is 41.5 Å².